The monoisotopic (exact) mass is 505 g/mol. The van der Waals surface area contributed by atoms with E-state index in [-0.39, 0.29) is 48.1 Å². The topological polar surface area (TPSA) is 65.9 Å². The van der Waals surface area contributed by atoms with Crippen molar-refractivity contribution in [1.29, 1.82) is 0 Å². The van der Waals surface area contributed by atoms with Gasteiger partial charge in [-0.2, -0.15) is 0 Å². The summed E-state index contributed by atoms with van der Waals surface area (Å²) in [4.78, 5) is 4.37. The maximum atomic E-state index is 13.9. The van der Waals surface area contributed by atoms with E-state index in [4.69, 9.17) is 4.74 Å². The summed E-state index contributed by atoms with van der Waals surface area (Å²) >= 11 is 0. The Morgan fingerprint density at radius 3 is 2.36 bits per heavy atom. The summed E-state index contributed by atoms with van der Waals surface area (Å²) < 4.78 is 31.8. The summed E-state index contributed by atoms with van der Waals surface area (Å²) in [6.45, 7) is 4.53. The quantitative estimate of drug-likeness (QED) is 0.303. The van der Waals surface area contributed by atoms with Crippen molar-refractivity contribution in [2.45, 2.75) is 26.0 Å². The van der Waals surface area contributed by atoms with Gasteiger partial charge in [-0.25, -0.2) is 8.78 Å². The van der Waals surface area contributed by atoms with Crippen LogP contribution in [0.4, 0.5) is 8.78 Å². The molecule has 8 heteroatoms. The van der Waals surface area contributed by atoms with E-state index in [0.29, 0.717) is 18.1 Å². The van der Waals surface area contributed by atoms with Gasteiger partial charge in [-0.15, -0.1) is 24.0 Å². The zero-order chi connectivity index (χ0) is 19.8. The minimum absolute atomic E-state index is 0. The van der Waals surface area contributed by atoms with E-state index in [1.165, 1.54) is 37.4 Å². The van der Waals surface area contributed by atoms with Gasteiger partial charge in [-0.3, -0.25) is 4.99 Å². The summed E-state index contributed by atoms with van der Waals surface area (Å²) in [5, 5.41) is 16.5. The molecule has 0 aliphatic rings. The van der Waals surface area contributed by atoms with Crippen LogP contribution in [0.3, 0.4) is 0 Å². The summed E-state index contributed by atoms with van der Waals surface area (Å²) in [6.07, 6.45) is -0.852. The van der Waals surface area contributed by atoms with E-state index >= 15 is 0 Å². The van der Waals surface area contributed by atoms with Gasteiger partial charge < -0.3 is 20.5 Å². The molecule has 0 saturated carbocycles. The number of hydrogen-bond donors (Lipinski definition) is 3. The molecule has 2 unspecified atom stereocenters. The Morgan fingerprint density at radius 1 is 1.14 bits per heavy atom. The molecule has 5 nitrogen and oxygen atoms in total. The number of nitrogens with one attached hydrogen (secondary N) is 2. The smallest absolute Gasteiger partial charge is 0.191 e. The minimum atomic E-state index is -0.852. The lowest BCUT2D eigenvalue weighted by Gasteiger charge is -2.19. The molecule has 2 aromatic carbocycles. The van der Waals surface area contributed by atoms with Crippen LogP contribution in [0.2, 0.25) is 0 Å². The lowest BCUT2D eigenvalue weighted by Crippen LogP contribution is -2.39. The van der Waals surface area contributed by atoms with E-state index in [2.05, 4.69) is 15.6 Å². The molecule has 0 aromatic heterocycles. The summed E-state index contributed by atoms with van der Waals surface area (Å²) in [5.74, 6) is -0.112. The third-order valence-corrected chi connectivity index (χ3v) is 4.05. The van der Waals surface area contributed by atoms with Crippen LogP contribution in [0.1, 0.15) is 37.1 Å². The summed E-state index contributed by atoms with van der Waals surface area (Å²) in [5.41, 5.74) is 1.32. The molecule has 154 valence electrons. The molecular formula is C20H26F2IN3O2. The van der Waals surface area contributed by atoms with E-state index in [0.717, 1.165) is 5.56 Å². The second kappa shape index (κ2) is 11.8. The molecule has 3 N–H and O–H groups in total. The zero-order valence-corrected chi connectivity index (χ0v) is 18.4. The number of nitrogens with zero attached hydrogens (tertiary/aromatic N) is 1. The number of halogens is 3. The Hall–Kier alpha value is -1.94. The van der Waals surface area contributed by atoms with Crippen LogP contribution < -0.4 is 15.4 Å². The van der Waals surface area contributed by atoms with Crippen LogP contribution in [-0.2, 0) is 0 Å². The number of rotatable bonds is 7. The van der Waals surface area contributed by atoms with E-state index in [1.54, 1.807) is 12.1 Å². The molecule has 0 spiro atoms. The van der Waals surface area contributed by atoms with Crippen molar-refractivity contribution < 1.29 is 18.6 Å². The van der Waals surface area contributed by atoms with Crippen molar-refractivity contribution in [3.05, 3.63) is 65.2 Å². The molecule has 2 atom stereocenters. The number of benzene rings is 2. The highest BCUT2D eigenvalue weighted by Gasteiger charge is 2.12. The first kappa shape index (κ1) is 24.1. The largest absolute Gasteiger partial charge is 0.494 e. The highest BCUT2D eigenvalue weighted by atomic mass is 127. The lowest BCUT2D eigenvalue weighted by molar-refractivity contribution is 0.187. The molecule has 2 aromatic rings. The predicted molar refractivity (Wildman–Crippen MR) is 117 cm³/mol. The van der Waals surface area contributed by atoms with Gasteiger partial charge in [0.2, 0.25) is 0 Å². The Bertz CT molecular complexity index is 773. The molecular weight excluding hydrogens is 479 g/mol. The third-order valence-electron chi connectivity index (χ3n) is 4.05. The van der Waals surface area contributed by atoms with Crippen molar-refractivity contribution in [3.8, 4) is 5.75 Å². The number of aliphatic hydroxyl groups is 1. The van der Waals surface area contributed by atoms with Crippen molar-refractivity contribution in [1.82, 2.24) is 10.6 Å². The summed E-state index contributed by atoms with van der Waals surface area (Å²) in [6, 6.07) is 10.2. The zero-order valence-electron chi connectivity index (χ0n) is 16.1. The van der Waals surface area contributed by atoms with Crippen molar-refractivity contribution in [3.63, 3.8) is 0 Å². The molecule has 0 aliphatic carbocycles. The minimum Gasteiger partial charge on any atom is -0.494 e. The van der Waals surface area contributed by atoms with Gasteiger partial charge in [0.1, 0.15) is 5.82 Å². The average molecular weight is 505 g/mol. The first-order chi connectivity index (χ1) is 12.9. The van der Waals surface area contributed by atoms with Crippen molar-refractivity contribution in [2.75, 3.05) is 20.2 Å². The third kappa shape index (κ3) is 6.90. The number of guanidine groups is 1. The number of hydrogen-bond acceptors (Lipinski definition) is 3. The standard InChI is InChI=1S/C20H25F2N3O2.HI/c1-4-23-20(24-12-18(26)14-5-8-16(21)9-6-14)25-13(2)15-7-10-19(27-3)17(22)11-15;/h5-11,13,18,26H,4,12H2,1-3H3,(H2,23,24,25);1H. The normalized spacial score (nSPS) is 13.3. The molecule has 0 amide bonds. The number of methoxy groups -OCH3 is 1. The van der Waals surface area contributed by atoms with Gasteiger partial charge in [0.25, 0.3) is 0 Å². The SMILES string of the molecule is CCNC(=NCC(O)c1ccc(F)cc1)NC(C)c1ccc(OC)c(F)c1.I. The molecule has 0 aliphatic heterocycles. The highest BCUT2D eigenvalue weighted by molar-refractivity contribution is 14.0. The van der Waals surface area contributed by atoms with Crippen LogP contribution in [0.25, 0.3) is 0 Å². The molecule has 0 radical (unpaired) electrons. The first-order valence-corrected chi connectivity index (χ1v) is 8.76. The average Bonchev–Trinajstić information content (AvgIpc) is 2.66. The van der Waals surface area contributed by atoms with Crippen molar-refractivity contribution in [2.24, 2.45) is 4.99 Å². The van der Waals surface area contributed by atoms with E-state index in [9.17, 15) is 13.9 Å². The maximum absolute atomic E-state index is 13.9. The van der Waals surface area contributed by atoms with Gasteiger partial charge in [-0.05, 0) is 49.2 Å². The van der Waals surface area contributed by atoms with E-state index in [1.807, 2.05) is 13.8 Å². The van der Waals surface area contributed by atoms with Gasteiger partial charge >= 0.3 is 0 Å². The van der Waals surface area contributed by atoms with Gasteiger partial charge in [0.15, 0.2) is 17.5 Å². The number of ether oxygens (including phenoxy) is 1. The molecule has 0 fully saturated rings. The fraction of sp³-hybridized carbons (Fsp3) is 0.350. The van der Waals surface area contributed by atoms with Gasteiger partial charge in [0.05, 0.1) is 25.8 Å². The predicted octanol–water partition coefficient (Wildman–Crippen LogP) is 3.94. The van der Waals surface area contributed by atoms with Crippen LogP contribution in [0.15, 0.2) is 47.5 Å². The Labute approximate surface area is 181 Å². The molecule has 0 heterocycles. The van der Waals surface area contributed by atoms with Gasteiger partial charge in [0, 0.05) is 6.54 Å². The maximum Gasteiger partial charge on any atom is 0.191 e. The van der Waals surface area contributed by atoms with Crippen molar-refractivity contribution >= 4 is 29.9 Å². The second-order valence-corrected chi connectivity index (χ2v) is 6.05. The van der Waals surface area contributed by atoms with Crippen LogP contribution in [0, 0.1) is 11.6 Å². The van der Waals surface area contributed by atoms with Gasteiger partial charge in [-0.1, -0.05) is 18.2 Å². The molecule has 2 rings (SSSR count). The molecule has 0 bridgehead atoms. The molecule has 0 saturated heterocycles. The van der Waals surface area contributed by atoms with Crippen LogP contribution >= 0.6 is 24.0 Å². The fourth-order valence-corrected chi connectivity index (χ4v) is 2.53. The van der Waals surface area contributed by atoms with E-state index < -0.39 is 11.9 Å². The number of aliphatic imine (C=N–C) groups is 1. The summed E-state index contributed by atoms with van der Waals surface area (Å²) in [7, 11) is 1.42. The molecule has 28 heavy (non-hydrogen) atoms. The highest BCUT2D eigenvalue weighted by Crippen LogP contribution is 2.21. The number of aliphatic hydroxyl groups excluding tert-OH is 1. The van der Waals surface area contributed by atoms with Crippen LogP contribution in [-0.4, -0.2) is 31.3 Å². The first-order valence-electron chi connectivity index (χ1n) is 8.76. The Balaban J connectivity index is 0.00000392. The van der Waals surface area contributed by atoms with Crippen LogP contribution in [0.5, 0.6) is 5.75 Å². The Morgan fingerprint density at radius 2 is 1.79 bits per heavy atom. The fourth-order valence-electron chi connectivity index (χ4n) is 2.53. The lowest BCUT2D eigenvalue weighted by atomic mass is 10.1. The Kier molecular flexibility index (Phi) is 10.2. The second-order valence-electron chi connectivity index (χ2n) is 6.05.